The highest BCUT2D eigenvalue weighted by atomic mass is 16.6. The number of aliphatic hydroxyl groups excluding tert-OH is 1. The fraction of sp³-hybridized carbons (Fsp3) is 0.917. The molecule has 5 fully saturated rings. The van der Waals surface area contributed by atoms with Gasteiger partial charge in [0.2, 0.25) is 0 Å². The van der Waals surface area contributed by atoms with Crippen molar-refractivity contribution in [3.8, 4) is 0 Å². The van der Waals surface area contributed by atoms with Gasteiger partial charge >= 0.3 is 0 Å². The van der Waals surface area contributed by atoms with Gasteiger partial charge in [-0.2, -0.15) is 0 Å². The molecule has 2 N–H and O–H groups in total. The van der Waals surface area contributed by atoms with Crippen LogP contribution in [0.4, 0.5) is 0 Å². The third kappa shape index (κ3) is 3.10. The first-order valence-electron chi connectivity index (χ1n) is 12.0. The molecular weight excluding hydrogens is 364 g/mol. The van der Waals surface area contributed by atoms with E-state index in [0.717, 1.165) is 64.5 Å². The maximum atomic E-state index is 12.7. The molecule has 0 amide bonds. The zero-order valence-corrected chi connectivity index (χ0v) is 18.2. The predicted octanol–water partition coefficient (Wildman–Crippen LogP) is 3.55. The number of rotatable bonds is 3. The number of carbonyl (C=O) groups is 1. The first-order valence-corrected chi connectivity index (χ1v) is 12.0. The molecule has 4 saturated carbocycles. The first kappa shape index (κ1) is 20.0. The van der Waals surface area contributed by atoms with Crippen LogP contribution in [0.1, 0.15) is 71.6 Å². The zero-order chi connectivity index (χ0) is 20.2. The SMILES string of the molecule is C[C@]12CC/C(=N\O[C@@H]3CCNC3)CC1C[C@@H](CO)[C@@H]1[C@@H]2CC[C@]2(C)C(=O)CC[C@@H]12. The van der Waals surface area contributed by atoms with Crippen LogP contribution in [0.5, 0.6) is 0 Å². The van der Waals surface area contributed by atoms with Gasteiger partial charge in [-0.05, 0) is 86.5 Å². The van der Waals surface area contributed by atoms with Crippen LogP contribution >= 0.6 is 0 Å². The predicted molar refractivity (Wildman–Crippen MR) is 112 cm³/mol. The van der Waals surface area contributed by atoms with Gasteiger partial charge < -0.3 is 15.3 Å². The van der Waals surface area contributed by atoms with Gasteiger partial charge in [0.25, 0.3) is 0 Å². The molecule has 1 heterocycles. The first-order chi connectivity index (χ1) is 14.0. The van der Waals surface area contributed by atoms with Crippen LogP contribution in [0.25, 0.3) is 0 Å². The van der Waals surface area contributed by atoms with Crippen molar-refractivity contribution in [2.75, 3.05) is 19.7 Å². The summed E-state index contributed by atoms with van der Waals surface area (Å²) in [6.45, 7) is 6.95. The molecule has 1 saturated heterocycles. The van der Waals surface area contributed by atoms with Crippen molar-refractivity contribution in [3.05, 3.63) is 0 Å². The molecule has 0 radical (unpaired) electrons. The van der Waals surface area contributed by atoms with Crippen molar-refractivity contribution in [1.82, 2.24) is 5.32 Å². The van der Waals surface area contributed by atoms with Crippen molar-refractivity contribution < 1.29 is 14.7 Å². The molecule has 8 atom stereocenters. The summed E-state index contributed by atoms with van der Waals surface area (Å²) in [6.07, 6.45) is 9.62. The summed E-state index contributed by atoms with van der Waals surface area (Å²) in [5.41, 5.74) is 1.42. The van der Waals surface area contributed by atoms with Crippen LogP contribution < -0.4 is 5.32 Å². The van der Waals surface area contributed by atoms with Gasteiger partial charge in [-0.1, -0.05) is 19.0 Å². The van der Waals surface area contributed by atoms with Gasteiger partial charge in [0.15, 0.2) is 0 Å². The van der Waals surface area contributed by atoms with E-state index >= 15 is 0 Å². The number of hydrogen-bond donors (Lipinski definition) is 2. The highest BCUT2D eigenvalue weighted by Crippen LogP contribution is 2.66. The van der Waals surface area contributed by atoms with Crippen molar-refractivity contribution in [2.45, 2.75) is 77.7 Å². The highest BCUT2D eigenvalue weighted by molar-refractivity contribution is 5.87. The molecule has 5 aliphatic rings. The second-order valence-corrected chi connectivity index (χ2v) is 11.2. The van der Waals surface area contributed by atoms with Crippen LogP contribution in [-0.2, 0) is 9.63 Å². The normalized spacial score (nSPS) is 50.9. The van der Waals surface area contributed by atoms with E-state index in [1.165, 1.54) is 12.1 Å². The Labute approximate surface area is 175 Å². The summed E-state index contributed by atoms with van der Waals surface area (Å²) in [5, 5.41) is 18.3. The molecule has 5 rings (SSSR count). The average Bonchev–Trinajstić information content (AvgIpc) is 3.34. The molecule has 0 aromatic carbocycles. The topological polar surface area (TPSA) is 70.9 Å². The molecule has 5 nitrogen and oxygen atoms in total. The Kier molecular flexibility index (Phi) is 5.05. The van der Waals surface area contributed by atoms with Crippen molar-refractivity contribution >= 4 is 11.5 Å². The lowest BCUT2D eigenvalue weighted by molar-refractivity contribution is -0.148. The molecule has 0 aromatic rings. The van der Waals surface area contributed by atoms with Crippen LogP contribution in [-0.4, -0.2) is 42.4 Å². The molecule has 0 bridgehead atoms. The Balaban J connectivity index is 1.36. The summed E-state index contributed by atoms with van der Waals surface area (Å²) in [5.74, 6) is 3.06. The van der Waals surface area contributed by atoms with Crippen molar-refractivity contribution in [3.63, 3.8) is 0 Å². The van der Waals surface area contributed by atoms with Crippen molar-refractivity contribution in [1.29, 1.82) is 0 Å². The number of oxime groups is 1. The number of nitrogens with zero attached hydrogens (tertiary/aromatic N) is 1. The largest absolute Gasteiger partial charge is 0.396 e. The van der Waals surface area contributed by atoms with Gasteiger partial charge in [-0.25, -0.2) is 0 Å². The minimum absolute atomic E-state index is 0.123. The van der Waals surface area contributed by atoms with Gasteiger partial charge in [0.05, 0.1) is 5.71 Å². The van der Waals surface area contributed by atoms with Crippen LogP contribution in [0.15, 0.2) is 5.16 Å². The molecule has 29 heavy (non-hydrogen) atoms. The monoisotopic (exact) mass is 402 g/mol. The standard InChI is InChI=1S/C24H38N2O3/c1-23-8-5-17(26-29-18-7-10-25-13-18)12-16(23)11-15(14-27)22-19-3-4-21(28)24(19,2)9-6-20(22)23/h15-16,18-20,22,25,27H,3-14H2,1-2H3/b26-17+/t15-,16?,18+,19-,20-,22-,23-,24-/m0/s1. The van der Waals surface area contributed by atoms with Crippen LogP contribution in [0.3, 0.4) is 0 Å². The van der Waals surface area contributed by atoms with E-state index in [-0.39, 0.29) is 18.1 Å². The molecule has 1 aliphatic heterocycles. The van der Waals surface area contributed by atoms with E-state index in [4.69, 9.17) is 4.84 Å². The summed E-state index contributed by atoms with van der Waals surface area (Å²) < 4.78 is 0. The Morgan fingerprint density at radius 2 is 2.03 bits per heavy atom. The molecular formula is C24H38N2O3. The quantitative estimate of drug-likeness (QED) is 0.708. The van der Waals surface area contributed by atoms with E-state index in [2.05, 4.69) is 24.3 Å². The number of hydrogen-bond acceptors (Lipinski definition) is 5. The van der Waals surface area contributed by atoms with E-state index in [1.807, 2.05) is 0 Å². The number of carbonyl (C=O) groups excluding carboxylic acids is 1. The lowest BCUT2D eigenvalue weighted by atomic mass is 9.43. The van der Waals surface area contributed by atoms with E-state index in [9.17, 15) is 9.90 Å². The van der Waals surface area contributed by atoms with Crippen LogP contribution in [0, 0.1) is 40.4 Å². The summed E-state index contributed by atoms with van der Waals surface area (Å²) in [4.78, 5) is 18.5. The van der Waals surface area contributed by atoms with Crippen LogP contribution in [0.2, 0.25) is 0 Å². The van der Waals surface area contributed by atoms with Gasteiger partial charge in [0, 0.05) is 31.4 Å². The number of nitrogens with one attached hydrogen (secondary N) is 1. The third-order valence-corrected chi connectivity index (χ3v) is 9.97. The second kappa shape index (κ2) is 7.33. The number of Topliss-reactive ketones (excluding diaryl/α,β-unsaturated/α-hetero) is 1. The Morgan fingerprint density at radius 1 is 1.17 bits per heavy atom. The number of fused-ring (bicyclic) bond motifs is 5. The van der Waals surface area contributed by atoms with E-state index in [1.54, 1.807) is 0 Å². The zero-order valence-electron chi connectivity index (χ0n) is 18.2. The van der Waals surface area contributed by atoms with Gasteiger partial charge in [-0.3, -0.25) is 4.79 Å². The smallest absolute Gasteiger partial charge is 0.141 e. The highest BCUT2D eigenvalue weighted by Gasteiger charge is 2.62. The summed E-state index contributed by atoms with van der Waals surface area (Å²) >= 11 is 0. The maximum Gasteiger partial charge on any atom is 0.141 e. The second-order valence-electron chi connectivity index (χ2n) is 11.2. The molecule has 1 unspecified atom stereocenters. The summed E-state index contributed by atoms with van der Waals surface area (Å²) in [7, 11) is 0. The Morgan fingerprint density at radius 3 is 2.79 bits per heavy atom. The third-order valence-electron chi connectivity index (χ3n) is 9.97. The van der Waals surface area contributed by atoms with Crippen molar-refractivity contribution in [2.24, 2.45) is 45.6 Å². The van der Waals surface area contributed by atoms with E-state index < -0.39 is 0 Å². The number of ketones is 1. The minimum atomic E-state index is -0.123. The lowest BCUT2D eigenvalue weighted by Crippen LogP contribution is -2.57. The average molecular weight is 403 g/mol. The number of aliphatic hydroxyl groups is 1. The molecule has 162 valence electrons. The fourth-order valence-electron chi connectivity index (χ4n) is 8.14. The molecule has 4 aliphatic carbocycles. The van der Waals surface area contributed by atoms with Gasteiger partial charge in [-0.15, -0.1) is 0 Å². The molecule has 0 aromatic heterocycles. The molecule has 0 spiro atoms. The fourth-order valence-corrected chi connectivity index (χ4v) is 8.14. The Bertz CT molecular complexity index is 688. The summed E-state index contributed by atoms with van der Waals surface area (Å²) in [6, 6.07) is 0. The minimum Gasteiger partial charge on any atom is -0.396 e. The van der Waals surface area contributed by atoms with E-state index in [0.29, 0.717) is 40.8 Å². The Hall–Kier alpha value is -0.940. The maximum absolute atomic E-state index is 12.7. The lowest BCUT2D eigenvalue weighted by Gasteiger charge is -2.61. The molecule has 5 heteroatoms. The van der Waals surface area contributed by atoms with Gasteiger partial charge in [0.1, 0.15) is 11.9 Å².